The van der Waals surface area contributed by atoms with Crippen molar-refractivity contribution in [1.29, 1.82) is 0 Å². The second-order valence-electron chi connectivity index (χ2n) is 15.3. The summed E-state index contributed by atoms with van der Waals surface area (Å²) in [7, 11) is 0. The lowest BCUT2D eigenvalue weighted by molar-refractivity contribution is 0.660. The van der Waals surface area contributed by atoms with Gasteiger partial charge in [0.1, 0.15) is 0 Å². The van der Waals surface area contributed by atoms with Crippen LogP contribution in [-0.2, 0) is 5.41 Å². The van der Waals surface area contributed by atoms with Gasteiger partial charge < -0.3 is 4.90 Å². The molecule has 1 aromatic heterocycles. The molecule has 10 aromatic rings. The fourth-order valence-electron chi connectivity index (χ4n) is 9.08. The number of anilines is 3. The summed E-state index contributed by atoms with van der Waals surface area (Å²) in [4.78, 5) is 2.41. The first kappa shape index (κ1) is 32.0. The largest absolute Gasteiger partial charge is 0.310 e. The van der Waals surface area contributed by atoms with Crippen molar-refractivity contribution in [1.82, 2.24) is 0 Å². The molecule has 11 rings (SSSR count). The van der Waals surface area contributed by atoms with Crippen LogP contribution >= 0.6 is 11.3 Å². The molecule has 2 heteroatoms. The summed E-state index contributed by atoms with van der Waals surface area (Å²) in [5.41, 5.74) is 13.6. The molecule has 1 aliphatic carbocycles. The summed E-state index contributed by atoms with van der Waals surface area (Å²) in [6.45, 7) is 4.71. The van der Waals surface area contributed by atoms with Crippen LogP contribution < -0.4 is 4.90 Å². The van der Waals surface area contributed by atoms with Crippen LogP contribution in [0.2, 0.25) is 0 Å². The van der Waals surface area contributed by atoms with Crippen LogP contribution in [0.1, 0.15) is 25.0 Å². The number of thiophene rings is 1. The number of rotatable bonds is 5. The number of fused-ring (bicyclic) bond motifs is 9. The summed E-state index contributed by atoms with van der Waals surface area (Å²) in [5, 5.41) is 7.82. The fraction of sp³-hybridized carbons (Fsp3) is 0.0566. The van der Waals surface area contributed by atoms with Crippen LogP contribution in [0.15, 0.2) is 188 Å². The molecule has 0 atom stereocenters. The third-order valence-corrected chi connectivity index (χ3v) is 13.0. The third-order valence-electron chi connectivity index (χ3n) is 11.9. The van der Waals surface area contributed by atoms with Crippen molar-refractivity contribution < 1.29 is 0 Å². The zero-order chi connectivity index (χ0) is 36.7. The van der Waals surface area contributed by atoms with Crippen LogP contribution in [0, 0.1) is 0 Å². The van der Waals surface area contributed by atoms with E-state index in [4.69, 9.17) is 0 Å². The number of benzene rings is 9. The highest BCUT2D eigenvalue weighted by Crippen LogP contribution is 2.51. The van der Waals surface area contributed by atoms with E-state index in [1.54, 1.807) is 0 Å². The zero-order valence-electron chi connectivity index (χ0n) is 30.8. The standard InChI is InChI=1S/C53H37NS/c1-53(2)48-16-7-5-13-45(48)46-30-28-41(33-49(46)53)54(40-26-20-36(21-27-40)43-15-9-11-35-10-3-4-12-42(35)43)39-24-18-34(19-25-39)37-22-29-44-38(32-37)23-31-51-52(44)47-14-6-8-17-50(47)55-51/h3-33H,1-2H3. The van der Waals surface area contributed by atoms with Crippen molar-refractivity contribution in [3.05, 3.63) is 199 Å². The number of hydrogen-bond acceptors (Lipinski definition) is 2. The highest BCUT2D eigenvalue weighted by atomic mass is 32.1. The summed E-state index contributed by atoms with van der Waals surface area (Å²) in [6.07, 6.45) is 0. The third kappa shape index (κ3) is 5.06. The Morgan fingerprint density at radius 1 is 0.382 bits per heavy atom. The molecule has 0 aliphatic heterocycles. The second kappa shape index (κ2) is 12.3. The van der Waals surface area contributed by atoms with Crippen LogP contribution in [0.3, 0.4) is 0 Å². The molecule has 0 saturated heterocycles. The van der Waals surface area contributed by atoms with Gasteiger partial charge in [-0.3, -0.25) is 0 Å². The molecule has 0 amide bonds. The first-order valence-electron chi connectivity index (χ1n) is 19.1. The predicted octanol–water partition coefficient (Wildman–Crippen LogP) is 15.5. The minimum Gasteiger partial charge on any atom is -0.310 e. The van der Waals surface area contributed by atoms with Crippen molar-refractivity contribution in [2.75, 3.05) is 4.90 Å². The first-order chi connectivity index (χ1) is 27.0. The fourth-order valence-corrected chi connectivity index (χ4v) is 10.2. The Balaban J connectivity index is 1.01. The monoisotopic (exact) mass is 719 g/mol. The predicted molar refractivity (Wildman–Crippen MR) is 237 cm³/mol. The molecular weight excluding hydrogens is 683 g/mol. The van der Waals surface area contributed by atoms with E-state index in [1.807, 2.05) is 11.3 Å². The highest BCUT2D eigenvalue weighted by molar-refractivity contribution is 7.26. The van der Waals surface area contributed by atoms with Gasteiger partial charge in [0.2, 0.25) is 0 Å². The van der Waals surface area contributed by atoms with Gasteiger partial charge in [-0.15, -0.1) is 11.3 Å². The van der Waals surface area contributed by atoms with E-state index in [-0.39, 0.29) is 5.41 Å². The van der Waals surface area contributed by atoms with Crippen LogP contribution in [0.5, 0.6) is 0 Å². The minimum absolute atomic E-state index is 0.0906. The van der Waals surface area contributed by atoms with E-state index in [9.17, 15) is 0 Å². The summed E-state index contributed by atoms with van der Waals surface area (Å²) in [5.74, 6) is 0. The molecule has 0 spiro atoms. The number of hydrogen-bond donors (Lipinski definition) is 0. The van der Waals surface area contributed by atoms with Gasteiger partial charge in [-0.1, -0.05) is 147 Å². The Morgan fingerprint density at radius 3 is 1.85 bits per heavy atom. The lowest BCUT2D eigenvalue weighted by atomic mass is 9.82. The molecule has 0 saturated carbocycles. The summed E-state index contributed by atoms with van der Waals surface area (Å²) >= 11 is 1.88. The van der Waals surface area contributed by atoms with Crippen molar-refractivity contribution in [3.63, 3.8) is 0 Å². The van der Waals surface area contributed by atoms with Crippen molar-refractivity contribution >= 4 is 70.1 Å². The average Bonchev–Trinajstić information content (AvgIpc) is 3.73. The molecule has 1 heterocycles. The summed E-state index contributed by atoms with van der Waals surface area (Å²) in [6, 6.07) is 69.6. The van der Waals surface area contributed by atoms with E-state index in [2.05, 4.69) is 207 Å². The number of nitrogens with zero attached hydrogens (tertiary/aromatic N) is 1. The van der Waals surface area contributed by atoms with E-state index < -0.39 is 0 Å². The molecule has 1 nitrogen and oxygen atoms in total. The van der Waals surface area contributed by atoms with Gasteiger partial charge in [0.15, 0.2) is 0 Å². The van der Waals surface area contributed by atoms with E-state index >= 15 is 0 Å². The van der Waals surface area contributed by atoms with Crippen molar-refractivity contribution in [2.24, 2.45) is 0 Å². The van der Waals surface area contributed by atoms with Gasteiger partial charge in [-0.25, -0.2) is 0 Å². The van der Waals surface area contributed by atoms with Gasteiger partial charge >= 0.3 is 0 Å². The molecule has 9 aromatic carbocycles. The van der Waals surface area contributed by atoms with Crippen LogP contribution in [0.25, 0.3) is 75.1 Å². The molecule has 0 unspecified atom stereocenters. The van der Waals surface area contributed by atoms with Gasteiger partial charge in [0, 0.05) is 42.6 Å². The highest BCUT2D eigenvalue weighted by Gasteiger charge is 2.35. The molecule has 1 aliphatic rings. The van der Waals surface area contributed by atoms with Crippen LogP contribution in [0.4, 0.5) is 17.1 Å². The lowest BCUT2D eigenvalue weighted by Gasteiger charge is -2.28. The van der Waals surface area contributed by atoms with E-state index in [1.165, 1.54) is 86.2 Å². The molecule has 55 heavy (non-hydrogen) atoms. The van der Waals surface area contributed by atoms with Crippen molar-refractivity contribution in [3.8, 4) is 33.4 Å². The topological polar surface area (TPSA) is 3.24 Å². The molecular formula is C53H37NS. The van der Waals surface area contributed by atoms with Gasteiger partial charge in [-0.05, 0) is 121 Å². The van der Waals surface area contributed by atoms with Crippen molar-refractivity contribution in [2.45, 2.75) is 19.3 Å². The first-order valence-corrected chi connectivity index (χ1v) is 19.9. The van der Waals surface area contributed by atoms with E-state index in [0.717, 1.165) is 17.1 Å². The Morgan fingerprint density at radius 2 is 1.02 bits per heavy atom. The smallest absolute Gasteiger partial charge is 0.0465 e. The van der Waals surface area contributed by atoms with Gasteiger partial charge in [0.05, 0.1) is 0 Å². The molecule has 0 bridgehead atoms. The summed E-state index contributed by atoms with van der Waals surface area (Å²) < 4.78 is 2.68. The van der Waals surface area contributed by atoms with E-state index in [0.29, 0.717) is 0 Å². The maximum Gasteiger partial charge on any atom is 0.0465 e. The minimum atomic E-state index is -0.0906. The Labute approximate surface area is 325 Å². The molecule has 0 N–H and O–H groups in total. The Kier molecular flexibility index (Phi) is 7.14. The SMILES string of the molecule is CC1(C)c2ccccc2-c2ccc(N(c3ccc(-c4ccc5c(ccc6sc7ccccc7c65)c4)cc3)c3ccc(-c4cccc5ccccc45)cc3)cc21. The molecule has 260 valence electrons. The normalized spacial score (nSPS) is 13.1. The quantitative estimate of drug-likeness (QED) is 0.171. The maximum atomic E-state index is 2.42. The Bertz CT molecular complexity index is 3110. The van der Waals surface area contributed by atoms with Crippen LogP contribution in [-0.4, -0.2) is 0 Å². The van der Waals surface area contributed by atoms with Gasteiger partial charge in [0.25, 0.3) is 0 Å². The zero-order valence-corrected chi connectivity index (χ0v) is 31.6. The lowest BCUT2D eigenvalue weighted by Crippen LogP contribution is -2.16. The second-order valence-corrected chi connectivity index (χ2v) is 16.4. The molecule has 0 radical (unpaired) electrons. The molecule has 0 fully saturated rings. The average molecular weight is 720 g/mol. The Hall–Kier alpha value is -6.48. The van der Waals surface area contributed by atoms with Gasteiger partial charge in [-0.2, -0.15) is 0 Å². The maximum absolute atomic E-state index is 2.42.